The van der Waals surface area contributed by atoms with E-state index in [4.69, 9.17) is 10.8 Å². The third-order valence-corrected chi connectivity index (χ3v) is 2.57. The molecule has 0 radical (unpaired) electrons. The Hall–Kier alpha value is -1.10. The van der Waals surface area contributed by atoms with Gasteiger partial charge in [0.15, 0.2) is 0 Å². The van der Waals surface area contributed by atoms with E-state index in [1.807, 2.05) is 0 Å². The summed E-state index contributed by atoms with van der Waals surface area (Å²) in [7, 11) is 0. The van der Waals surface area contributed by atoms with Crippen molar-refractivity contribution in [1.29, 1.82) is 0 Å². The minimum absolute atomic E-state index is 0.118. The maximum absolute atomic E-state index is 11.3. The fourth-order valence-electron chi connectivity index (χ4n) is 1.65. The number of amides is 2. The first-order chi connectivity index (χ1) is 6.52. The molecule has 3 N–H and O–H groups in total. The molecule has 1 heterocycles. The molecule has 5 nitrogen and oxygen atoms in total. The summed E-state index contributed by atoms with van der Waals surface area (Å²) >= 11 is 0. The van der Waals surface area contributed by atoms with Crippen molar-refractivity contribution in [2.45, 2.75) is 25.9 Å². The molecule has 1 fully saturated rings. The third kappa shape index (κ3) is 2.45. The number of piperidine rings is 1. The molecule has 14 heavy (non-hydrogen) atoms. The molecule has 0 bridgehead atoms. The van der Waals surface area contributed by atoms with Gasteiger partial charge in [0.1, 0.15) is 6.10 Å². The van der Waals surface area contributed by atoms with E-state index in [2.05, 4.69) is 0 Å². The van der Waals surface area contributed by atoms with Gasteiger partial charge >= 0.3 is 0 Å². The van der Waals surface area contributed by atoms with Gasteiger partial charge in [-0.2, -0.15) is 0 Å². The Kier molecular flexibility index (Phi) is 3.46. The van der Waals surface area contributed by atoms with E-state index in [0.717, 1.165) is 0 Å². The van der Waals surface area contributed by atoms with Crippen LogP contribution < -0.4 is 5.73 Å². The largest absolute Gasteiger partial charge is 0.384 e. The Morgan fingerprint density at radius 1 is 1.43 bits per heavy atom. The van der Waals surface area contributed by atoms with Crippen LogP contribution in [0.1, 0.15) is 19.8 Å². The first kappa shape index (κ1) is 11.0. The molecule has 1 saturated heterocycles. The number of carbonyl (C=O) groups is 2. The number of aliphatic hydroxyl groups excluding tert-OH is 1. The van der Waals surface area contributed by atoms with Gasteiger partial charge in [-0.1, -0.05) is 0 Å². The van der Waals surface area contributed by atoms with E-state index in [-0.39, 0.29) is 17.7 Å². The van der Waals surface area contributed by atoms with Gasteiger partial charge in [-0.05, 0) is 19.8 Å². The molecule has 1 aliphatic heterocycles. The summed E-state index contributed by atoms with van der Waals surface area (Å²) in [6, 6.07) is 0. The van der Waals surface area contributed by atoms with Crippen molar-refractivity contribution in [3.8, 4) is 0 Å². The molecule has 80 valence electrons. The number of aliphatic hydroxyl groups is 1. The Morgan fingerprint density at radius 2 is 1.93 bits per heavy atom. The maximum Gasteiger partial charge on any atom is 0.251 e. The van der Waals surface area contributed by atoms with Gasteiger partial charge in [0.25, 0.3) is 5.91 Å². The Bertz CT molecular complexity index is 232. The molecule has 0 aliphatic carbocycles. The van der Waals surface area contributed by atoms with Gasteiger partial charge < -0.3 is 15.7 Å². The van der Waals surface area contributed by atoms with Gasteiger partial charge in [-0.15, -0.1) is 0 Å². The van der Waals surface area contributed by atoms with Gasteiger partial charge in [0.2, 0.25) is 5.91 Å². The summed E-state index contributed by atoms with van der Waals surface area (Å²) in [5.41, 5.74) is 5.16. The lowest BCUT2D eigenvalue weighted by Crippen LogP contribution is -2.45. The van der Waals surface area contributed by atoms with Crippen LogP contribution in [0, 0.1) is 5.92 Å². The molecule has 0 aromatic heterocycles. The van der Waals surface area contributed by atoms with Crippen molar-refractivity contribution in [3.05, 3.63) is 0 Å². The molecular weight excluding hydrogens is 184 g/mol. The average molecular weight is 200 g/mol. The lowest BCUT2D eigenvalue weighted by molar-refractivity contribution is -0.141. The Morgan fingerprint density at radius 3 is 2.29 bits per heavy atom. The predicted octanol–water partition coefficient (Wildman–Crippen LogP) is -0.909. The number of rotatable bonds is 2. The van der Waals surface area contributed by atoms with Crippen LogP contribution in [0.25, 0.3) is 0 Å². The third-order valence-electron chi connectivity index (χ3n) is 2.57. The number of likely N-dealkylation sites (tertiary alicyclic amines) is 1. The number of nitrogens with two attached hydrogens (primary N) is 1. The molecule has 1 rings (SSSR count). The molecule has 2 amide bonds. The summed E-state index contributed by atoms with van der Waals surface area (Å²) in [6.07, 6.45) is 0.252. The first-order valence-corrected chi connectivity index (χ1v) is 4.78. The summed E-state index contributed by atoms with van der Waals surface area (Å²) in [6.45, 7) is 2.47. The highest BCUT2D eigenvalue weighted by Crippen LogP contribution is 2.17. The number of nitrogens with zero attached hydrogens (tertiary/aromatic N) is 1. The van der Waals surface area contributed by atoms with E-state index in [1.165, 1.54) is 6.92 Å². The van der Waals surface area contributed by atoms with E-state index >= 15 is 0 Å². The van der Waals surface area contributed by atoms with Crippen LogP contribution >= 0.6 is 0 Å². The van der Waals surface area contributed by atoms with E-state index < -0.39 is 6.10 Å². The minimum atomic E-state index is -0.958. The standard InChI is InChI=1S/C9H16N2O3/c1-6(12)9(14)11-4-2-7(3-5-11)8(10)13/h6-7,12H,2-5H2,1H3,(H2,10,13). The van der Waals surface area contributed by atoms with E-state index in [0.29, 0.717) is 25.9 Å². The van der Waals surface area contributed by atoms with Crippen LogP contribution in [0.4, 0.5) is 0 Å². The molecule has 0 spiro atoms. The van der Waals surface area contributed by atoms with E-state index in [9.17, 15) is 9.59 Å². The first-order valence-electron chi connectivity index (χ1n) is 4.78. The normalized spacial score (nSPS) is 20.6. The van der Waals surface area contributed by atoms with Gasteiger partial charge in [-0.3, -0.25) is 9.59 Å². The number of carbonyl (C=O) groups excluding carboxylic acids is 2. The van der Waals surface area contributed by atoms with Gasteiger partial charge in [-0.25, -0.2) is 0 Å². The van der Waals surface area contributed by atoms with E-state index in [1.54, 1.807) is 4.90 Å². The van der Waals surface area contributed by atoms with Gasteiger partial charge in [0, 0.05) is 19.0 Å². The van der Waals surface area contributed by atoms with Crippen LogP contribution in [-0.2, 0) is 9.59 Å². The Balaban J connectivity index is 2.43. The summed E-state index contributed by atoms with van der Waals surface area (Å²) in [5, 5.41) is 9.07. The zero-order valence-electron chi connectivity index (χ0n) is 8.27. The molecule has 0 aromatic rings. The van der Waals surface area contributed by atoms with Crippen molar-refractivity contribution < 1.29 is 14.7 Å². The van der Waals surface area contributed by atoms with Crippen LogP contribution in [0.3, 0.4) is 0 Å². The summed E-state index contributed by atoms with van der Waals surface area (Å²) < 4.78 is 0. The molecule has 1 aliphatic rings. The second kappa shape index (κ2) is 4.41. The molecule has 1 unspecified atom stereocenters. The fourth-order valence-corrected chi connectivity index (χ4v) is 1.65. The van der Waals surface area contributed by atoms with Crippen LogP contribution in [0.2, 0.25) is 0 Å². The molecule has 5 heteroatoms. The summed E-state index contributed by atoms with van der Waals surface area (Å²) in [5.74, 6) is -0.685. The van der Waals surface area contributed by atoms with Crippen LogP contribution in [0.5, 0.6) is 0 Å². The molecule has 0 saturated carbocycles. The Labute approximate surface area is 82.9 Å². The molecule has 1 atom stereocenters. The quantitative estimate of drug-likeness (QED) is 0.605. The number of primary amides is 1. The van der Waals surface area contributed by atoms with Crippen molar-refractivity contribution in [3.63, 3.8) is 0 Å². The highest BCUT2D eigenvalue weighted by Gasteiger charge is 2.27. The highest BCUT2D eigenvalue weighted by molar-refractivity contribution is 5.81. The smallest absolute Gasteiger partial charge is 0.251 e. The lowest BCUT2D eigenvalue weighted by Gasteiger charge is -2.31. The zero-order chi connectivity index (χ0) is 10.7. The monoisotopic (exact) mass is 200 g/mol. The maximum atomic E-state index is 11.3. The van der Waals surface area contributed by atoms with Crippen molar-refractivity contribution in [2.24, 2.45) is 11.7 Å². The zero-order valence-corrected chi connectivity index (χ0v) is 8.27. The SMILES string of the molecule is CC(O)C(=O)N1CCC(C(N)=O)CC1. The average Bonchev–Trinajstić information content (AvgIpc) is 2.16. The molecule has 0 aromatic carbocycles. The van der Waals surface area contributed by atoms with Crippen molar-refractivity contribution in [1.82, 2.24) is 4.90 Å². The number of hydrogen-bond donors (Lipinski definition) is 2. The number of hydrogen-bond acceptors (Lipinski definition) is 3. The predicted molar refractivity (Wildman–Crippen MR) is 50.2 cm³/mol. The second-order valence-corrected chi connectivity index (χ2v) is 3.68. The van der Waals surface area contributed by atoms with Crippen molar-refractivity contribution in [2.75, 3.05) is 13.1 Å². The second-order valence-electron chi connectivity index (χ2n) is 3.68. The minimum Gasteiger partial charge on any atom is -0.384 e. The summed E-state index contributed by atoms with van der Waals surface area (Å²) in [4.78, 5) is 23.7. The van der Waals surface area contributed by atoms with Gasteiger partial charge in [0.05, 0.1) is 0 Å². The molecular formula is C9H16N2O3. The van der Waals surface area contributed by atoms with Crippen LogP contribution in [-0.4, -0.2) is 41.0 Å². The topological polar surface area (TPSA) is 83.6 Å². The highest BCUT2D eigenvalue weighted by atomic mass is 16.3. The van der Waals surface area contributed by atoms with Crippen molar-refractivity contribution >= 4 is 11.8 Å². The fraction of sp³-hybridized carbons (Fsp3) is 0.778. The van der Waals surface area contributed by atoms with Crippen LogP contribution in [0.15, 0.2) is 0 Å². The lowest BCUT2D eigenvalue weighted by atomic mass is 9.96.